The summed E-state index contributed by atoms with van der Waals surface area (Å²) in [6, 6.07) is 9.27. The minimum Gasteiger partial charge on any atom is -0.478 e. The number of carboxylic acid groups (broad SMARTS) is 1. The molecule has 0 bridgehead atoms. The van der Waals surface area contributed by atoms with E-state index in [4.69, 9.17) is 5.11 Å². The predicted octanol–water partition coefficient (Wildman–Crippen LogP) is 2.84. The van der Waals surface area contributed by atoms with Crippen LogP contribution in [0, 0.1) is 13.8 Å². The van der Waals surface area contributed by atoms with Crippen molar-refractivity contribution in [1.29, 1.82) is 0 Å². The van der Waals surface area contributed by atoms with Crippen molar-refractivity contribution < 1.29 is 14.7 Å². The third-order valence-corrected chi connectivity index (χ3v) is 3.37. The van der Waals surface area contributed by atoms with Crippen molar-refractivity contribution in [1.82, 2.24) is 4.57 Å². The van der Waals surface area contributed by atoms with E-state index < -0.39 is 5.97 Å². The first-order valence-corrected chi connectivity index (χ1v) is 6.89. The largest absolute Gasteiger partial charge is 0.478 e. The van der Waals surface area contributed by atoms with Gasteiger partial charge in [-0.2, -0.15) is 0 Å². The van der Waals surface area contributed by atoms with Gasteiger partial charge in [0.25, 0.3) is 0 Å². The van der Waals surface area contributed by atoms with E-state index in [9.17, 15) is 9.59 Å². The molecule has 0 aliphatic carbocycles. The first kappa shape index (κ1) is 15.6. The lowest BCUT2D eigenvalue weighted by Crippen LogP contribution is -2.19. The van der Waals surface area contributed by atoms with Gasteiger partial charge in [-0.05, 0) is 55.3 Å². The quantitative estimate of drug-likeness (QED) is 0.834. The summed E-state index contributed by atoms with van der Waals surface area (Å²) in [5.41, 5.74) is 3.70. The van der Waals surface area contributed by atoms with Crippen LogP contribution in [0.4, 0.5) is 5.69 Å². The molecule has 0 atom stereocenters. The molecule has 2 N–H and O–H groups in total. The van der Waals surface area contributed by atoms with Gasteiger partial charge in [-0.1, -0.05) is 6.07 Å². The Morgan fingerprint density at radius 3 is 2.68 bits per heavy atom. The van der Waals surface area contributed by atoms with Crippen LogP contribution in [0.25, 0.3) is 6.08 Å². The van der Waals surface area contributed by atoms with E-state index in [1.54, 1.807) is 22.9 Å². The van der Waals surface area contributed by atoms with Crippen molar-refractivity contribution in [3.63, 3.8) is 0 Å². The smallest absolute Gasteiger partial charge is 0.328 e. The minimum absolute atomic E-state index is 0.124. The minimum atomic E-state index is -1.02. The summed E-state index contributed by atoms with van der Waals surface area (Å²) in [6.07, 6.45) is 4.25. The third kappa shape index (κ3) is 4.09. The summed E-state index contributed by atoms with van der Waals surface area (Å²) < 4.78 is 1.69. The number of hydrogen-bond acceptors (Lipinski definition) is 2. The molecule has 1 aromatic carbocycles. The number of aromatic nitrogens is 1. The van der Waals surface area contributed by atoms with Gasteiger partial charge in [-0.25, -0.2) is 4.79 Å². The molecule has 0 aliphatic heterocycles. The molecule has 0 fully saturated rings. The Morgan fingerprint density at radius 1 is 1.23 bits per heavy atom. The normalized spacial score (nSPS) is 10.8. The number of rotatable bonds is 5. The van der Waals surface area contributed by atoms with Crippen LogP contribution >= 0.6 is 0 Å². The first-order valence-electron chi connectivity index (χ1n) is 6.89. The van der Waals surface area contributed by atoms with Gasteiger partial charge in [-0.15, -0.1) is 0 Å². The summed E-state index contributed by atoms with van der Waals surface area (Å²) in [4.78, 5) is 22.6. The molecule has 0 aliphatic rings. The summed E-state index contributed by atoms with van der Waals surface area (Å²) in [7, 11) is 0. The Labute approximate surface area is 128 Å². The Morgan fingerprint density at radius 2 is 2.00 bits per heavy atom. The highest BCUT2D eigenvalue weighted by Gasteiger charge is 2.06. The number of carbonyl (C=O) groups excluding carboxylic acids is 1. The number of benzene rings is 1. The summed E-state index contributed by atoms with van der Waals surface area (Å²) in [5, 5.41) is 11.5. The average Bonchev–Trinajstić information content (AvgIpc) is 2.87. The second-order valence-electron chi connectivity index (χ2n) is 5.08. The van der Waals surface area contributed by atoms with E-state index in [0.717, 1.165) is 17.3 Å². The second kappa shape index (κ2) is 6.76. The molecule has 2 aromatic rings. The number of aryl methyl sites for hydroxylation is 2. The fraction of sp³-hybridized carbons (Fsp3) is 0.176. The highest BCUT2D eigenvalue weighted by molar-refractivity contribution is 5.91. The molecular formula is C17H18N2O3. The Balaban J connectivity index is 2.05. The number of carboxylic acids is 1. The molecule has 1 aromatic heterocycles. The van der Waals surface area contributed by atoms with Crippen molar-refractivity contribution in [3.8, 4) is 0 Å². The number of nitrogens with one attached hydrogen (secondary N) is 1. The summed E-state index contributed by atoms with van der Waals surface area (Å²) in [5.74, 6) is -1.18. The van der Waals surface area contributed by atoms with Crippen LogP contribution in [-0.4, -0.2) is 21.6 Å². The maximum Gasteiger partial charge on any atom is 0.328 e. The topological polar surface area (TPSA) is 71.3 Å². The molecule has 0 saturated carbocycles. The number of aliphatic carboxylic acids is 1. The standard InChI is InChI=1S/C17H18N2O3/c1-12-5-6-14(10-13(12)2)18-16(20)11-19-9-3-4-15(19)7-8-17(21)22/h3-10H,11H2,1-2H3,(H,18,20)(H,21,22)/b8-7+. The van der Waals surface area contributed by atoms with E-state index in [0.29, 0.717) is 5.69 Å². The lowest BCUT2D eigenvalue weighted by Gasteiger charge is -2.09. The Kier molecular flexibility index (Phi) is 4.78. The van der Waals surface area contributed by atoms with Crippen molar-refractivity contribution in [2.45, 2.75) is 20.4 Å². The Bertz CT molecular complexity index is 729. The lowest BCUT2D eigenvalue weighted by molar-refractivity contribution is -0.131. The molecule has 22 heavy (non-hydrogen) atoms. The number of hydrogen-bond donors (Lipinski definition) is 2. The highest BCUT2D eigenvalue weighted by atomic mass is 16.4. The summed E-state index contributed by atoms with van der Waals surface area (Å²) in [6.45, 7) is 4.13. The van der Waals surface area contributed by atoms with Gasteiger partial charge in [-0.3, -0.25) is 4.79 Å². The molecule has 2 rings (SSSR count). The third-order valence-electron chi connectivity index (χ3n) is 3.37. The number of nitrogens with zero attached hydrogens (tertiary/aromatic N) is 1. The van der Waals surface area contributed by atoms with Crippen LogP contribution in [0.1, 0.15) is 16.8 Å². The molecule has 1 heterocycles. The van der Waals surface area contributed by atoms with Crippen molar-refractivity contribution in [3.05, 3.63) is 59.4 Å². The molecule has 1 amide bonds. The molecule has 114 valence electrons. The van der Waals surface area contributed by atoms with Crippen LogP contribution in [-0.2, 0) is 16.1 Å². The van der Waals surface area contributed by atoms with Crippen LogP contribution < -0.4 is 5.32 Å². The highest BCUT2D eigenvalue weighted by Crippen LogP contribution is 2.14. The monoisotopic (exact) mass is 298 g/mol. The SMILES string of the molecule is Cc1ccc(NC(=O)Cn2cccc2/C=C/C(=O)O)cc1C. The van der Waals surface area contributed by atoms with Crippen LogP contribution in [0.5, 0.6) is 0 Å². The Hall–Kier alpha value is -2.82. The van der Waals surface area contributed by atoms with Crippen molar-refractivity contribution >= 4 is 23.6 Å². The van der Waals surface area contributed by atoms with Gasteiger partial charge in [0.1, 0.15) is 6.54 Å². The van der Waals surface area contributed by atoms with E-state index in [-0.39, 0.29) is 12.5 Å². The van der Waals surface area contributed by atoms with E-state index in [1.807, 2.05) is 32.0 Å². The number of carbonyl (C=O) groups is 2. The second-order valence-corrected chi connectivity index (χ2v) is 5.08. The molecular weight excluding hydrogens is 280 g/mol. The van der Waals surface area contributed by atoms with Crippen LogP contribution in [0.15, 0.2) is 42.6 Å². The maximum absolute atomic E-state index is 12.1. The fourth-order valence-electron chi connectivity index (χ4n) is 2.05. The maximum atomic E-state index is 12.1. The van der Waals surface area contributed by atoms with Gasteiger partial charge < -0.3 is 15.0 Å². The van der Waals surface area contributed by atoms with Gasteiger partial charge in [0.15, 0.2) is 0 Å². The average molecular weight is 298 g/mol. The van der Waals surface area contributed by atoms with Gasteiger partial charge in [0.2, 0.25) is 5.91 Å². The molecule has 5 heteroatoms. The number of amides is 1. The zero-order valence-corrected chi connectivity index (χ0v) is 12.5. The molecule has 0 spiro atoms. The van der Waals surface area contributed by atoms with E-state index in [1.165, 1.54) is 11.6 Å². The molecule has 0 unspecified atom stereocenters. The van der Waals surface area contributed by atoms with Crippen molar-refractivity contribution in [2.24, 2.45) is 0 Å². The molecule has 0 saturated heterocycles. The van der Waals surface area contributed by atoms with Crippen LogP contribution in [0.3, 0.4) is 0 Å². The van der Waals surface area contributed by atoms with Gasteiger partial charge in [0.05, 0.1) is 0 Å². The van der Waals surface area contributed by atoms with Gasteiger partial charge in [0, 0.05) is 23.7 Å². The number of anilines is 1. The van der Waals surface area contributed by atoms with E-state index >= 15 is 0 Å². The summed E-state index contributed by atoms with van der Waals surface area (Å²) >= 11 is 0. The molecule has 0 radical (unpaired) electrons. The first-order chi connectivity index (χ1) is 10.5. The lowest BCUT2D eigenvalue weighted by atomic mass is 10.1. The van der Waals surface area contributed by atoms with Crippen molar-refractivity contribution in [2.75, 3.05) is 5.32 Å². The molecule has 5 nitrogen and oxygen atoms in total. The van der Waals surface area contributed by atoms with Crippen LogP contribution in [0.2, 0.25) is 0 Å². The zero-order valence-electron chi connectivity index (χ0n) is 12.5. The predicted molar refractivity (Wildman–Crippen MR) is 85.6 cm³/mol. The zero-order chi connectivity index (χ0) is 16.1. The van der Waals surface area contributed by atoms with Gasteiger partial charge >= 0.3 is 5.97 Å². The van der Waals surface area contributed by atoms with E-state index in [2.05, 4.69) is 5.32 Å². The fourth-order valence-corrected chi connectivity index (χ4v) is 2.05.